The molecule has 0 aromatic carbocycles. The van der Waals surface area contributed by atoms with Gasteiger partial charge in [0.1, 0.15) is 0 Å². The molecule has 2 aromatic rings. The summed E-state index contributed by atoms with van der Waals surface area (Å²) in [7, 11) is 3.68. The first kappa shape index (κ1) is 11.7. The predicted molar refractivity (Wildman–Crippen MR) is 62.1 cm³/mol. The second kappa shape index (κ2) is 5.05. The molecule has 2 heterocycles. The van der Waals surface area contributed by atoms with Crippen LogP contribution in [0.2, 0.25) is 0 Å². The monoisotopic (exact) mass is 235 g/mol. The van der Waals surface area contributed by atoms with E-state index in [1.165, 1.54) is 4.80 Å². The molecule has 1 unspecified atom stereocenters. The van der Waals surface area contributed by atoms with Gasteiger partial charge in [-0.3, -0.25) is 4.68 Å². The van der Waals surface area contributed by atoms with Crippen molar-refractivity contribution in [2.45, 2.75) is 19.4 Å². The van der Waals surface area contributed by atoms with Crippen LogP contribution in [0.25, 0.3) is 0 Å². The van der Waals surface area contributed by atoms with Gasteiger partial charge in [0.2, 0.25) is 0 Å². The van der Waals surface area contributed by atoms with Crippen LogP contribution in [0.4, 0.5) is 0 Å². The molecule has 1 N–H and O–H groups in total. The molecule has 2 aromatic heterocycles. The van der Waals surface area contributed by atoms with Gasteiger partial charge in [0, 0.05) is 31.3 Å². The van der Waals surface area contributed by atoms with E-state index in [1.807, 2.05) is 19.4 Å². The van der Waals surface area contributed by atoms with Gasteiger partial charge >= 0.3 is 0 Å². The second-order valence-electron chi connectivity index (χ2n) is 3.96. The van der Waals surface area contributed by atoms with E-state index in [-0.39, 0.29) is 6.04 Å². The minimum Gasteiger partial charge on any atom is -0.310 e. The average molecular weight is 235 g/mol. The molecule has 1 atom stereocenters. The van der Waals surface area contributed by atoms with E-state index in [0.717, 1.165) is 17.9 Å². The van der Waals surface area contributed by atoms with Crippen molar-refractivity contribution < 1.29 is 0 Å². The Morgan fingerprint density at radius 2 is 2.24 bits per heavy atom. The van der Waals surface area contributed by atoms with Crippen molar-refractivity contribution in [1.82, 2.24) is 35.3 Å². The van der Waals surface area contributed by atoms with Crippen LogP contribution < -0.4 is 5.32 Å². The zero-order valence-electron chi connectivity index (χ0n) is 10.3. The maximum Gasteiger partial charge on any atom is 0.176 e. The first-order valence-electron chi connectivity index (χ1n) is 5.64. The van der Waals surface area contributed by atoms with Gasteiger partial charge < -0.3 is 5.32 Å². The van der Waals surface area contributed by atoms with Crippen LogP contribution in [0.15, 0.2) is 12.4 Å². The average Bonchev–Trinajstić information content (AvgIpc) is 2.87. The molecule has 92 valence electrons. The first-order valence-corrected chi connectivity index (χ1v) is 5.64. The van der Waals surface area contributed by atoms with E-state index in [0.29, 0.717) is 6.42 Å². The number of likely N-dealkylation sites (N-methyl/N-ethyl adjacent to an activating group) is 1. The Balaban J connectivity index is 2.12. The van der Waals surface area contributed by atoms with E-state index >= 15 is 0 Å². The Labute approximate surface area is 99.8 Å². The summed E-state index contributed by atoms with van der Waals surface area (Å²) >= 11 is 0. The number of rotatable bonds is 5. The Morgan fingerprint density at radius 3 is 2.76 bits per heavy atom. The summed E-state index contributed by atoms with van der Waals surface area (Å²) in [5.41, 5.74) is 1.14. The standard InChI is InChI=1S/C10H17N7/c1-4-11-9(8-6-12-16(2)7-8)5-10-13-15-17(3)14-10/h6-7,9,11H,4-5H2,1-3H3. The van der Waals surface area contributed by atoms with Gasteiger partial charge in [-0.25, -0.2) is 0 Å². The molecule has 0 aliphatic carbocycles. The van der Waals surface area contributed by atoms with Gasteiger partial charge in [-0.2, -0.15) is 9.90 Å². The minimum absolute atomic E-state index is 0.179. The quantitative estimate of drug-likeness (QED) is 0.779. The largest absolute Gasteiger partial charge is 0.310 e. The highest BCUT2D eigenvalue weighted by Gasteiger charge is 2.15. The van der Waals surface area contributed by atoms with Crippen LogP contribution in [-0.2, 0) is 20.5 Å². The summed E-state index contributed by atoms with van der Waals surface area (Å²) < 4.78 is 1.80. The van der Waals surface area contributed by atoms with E-state index < -0.39 is 0 Å². The summed E-state index contributed by atoms with van der Waals surface area (Å²) in [6.07, 6.45) is 4.58. The lowest BCUT2D eigenvalue weighted by molar-refractivity contribution is 0.534. The first-order chi connectivity index (χ1) is 8.19. The van der Waals surface area contributed by atoms with Crippen molar-refractivity contribution in [3.05, 3.63) is 23.8 Å². The Kier molecular flexibility index (Phi) is 3.48. The SMILES string of the molecule is CCNC(Cc1nnn(C)n1)c1cnn(C)c1. The van der Waals surface area contributed by atoms with Gasteiger partial charge in [-0.1, -0.05) is 6.92 Å². The maximum atomic E-state index is 4.19. The van der Waals surface area contributed by atoms with Crippen LogP contribution in [-0.4, -0.2) is 36.5 Å². The third-order valence-electron chi connectivity index (χ3n) is 2.51. The zero-order valence-corrected chi connectivity index (χ0v) is 10.3. The van der Waals surface area contributed by atoms with Crippen LogP contribution in [0.5, 0.6) is 0 Å². The van der Waals surface area contributed by atoms with Crippen molar-refractivity contribution in [3.63, 3.8) is 0 Å². The fraction of sp³-hybridized carbons (Fsp3) is 0.600. The highest BCUT2D eigenvalue weighted by Crippen LogP contribution is 2.15. The van der Waals surface area contributed by atoms with Crippen LogP contribution >= 0.6 is 0 Å². The molecule has 0 bridgehead atoms. The van der Waals surface area contributed by atoms with E-state index in [2.05, 4.69) is 32.7 Å². The number of tetrazole rings is 1. The molecular formula is C10H17N7. The van der Waals surface area contributed by atoms with E-state index in [4.69, 9.17) is 0 Å². The van der Waals surface area contributed by atoms with E-state index in [9.17, 15) is 0 Å². The number of nitrogens with one attached hydrogen (secondary N) is 1. The molecule has 0 saturated heterocycles. The summed E-state index contributed by atoms with van der Waals surface area (Å²) in [4.78, 5) is 1.47. The summed E-state index contributed by atoms with van der Waals surface area (Å²) in [5, 5.41) is 19.6. The molecule has 0 aliphatic rings. The van der Waals surface area contributed by atoms with Gasteiger partial charge in [-0.15, -0.1) is 10.2 Å². The number of hydrogen-bond acceptors (Lipinski definition) is 5. The summed E-state index contributed by atoms with van der Waals surface area (Å²) in [6.45, 7) is 2.97. The van der Waals surface area contributed by atoms with Crippen molar-refractivity contribution in [2.75, 3.05) is 6.54 Å². The lowest BCUT2D eigenvalue weighted by Crippen LogP contribution is -2.23. The number of hydrogen-bond donors (Lipinski definition) is 1. The van der Waals surface area contributed by atoms with Crippen molar-refractivity contribution in [3.8, 4) is 0 Å². The fourth-order valence-corrected chi connectivity index (χ4v) is 1.76. The molecule has 7 nitrogen and oxygen atoms in total. The number of aromatic nitrogens is 6. The third-order valence-corrected chi connectivity index (χ3v) is 2.51. The Morgan fingerprint density at radius 1 is 1.41 bits per heavy atom. The number of nitrogens with zero attached hydrogens (tertiary/aromatic N) is 6. The zero-order chi connectivity index (χ0) is 12.3. The molecule has 0 radical (unpaired) electrons. The van der Waals surface area contributed by atoms with Crippen molar-refractivity contribution >= 4 is 0 Å². The Bertz CT molecular complexity index is 472. The Hall–Kier alpha value is -1.76. The lowest BCUT2D eigenvalue weighted by atomic mass is 10.1. The van der Waals surface area contributed by atoms with E-state index in [1.54, 1.807) is 11.7 Å². The molecule has 0 fully saturated rings. The molecular weight excluding hydrogens is 218 g/mol. The van der Waals surface area contributed by atoms with Crippen LogP contribution in [0.3, 0.4) is 0 Å². The van der Waals surface area contributed by atoms with Crippen LogP contribution in [0, 0.1) is 0 Å². The normalized spacial score (nSPS) is 12.9. The highest BCUT2D eigenvalue weighted by atomic mass is 15.6. The van der Waals surface area contributed by atoms with Gasteiger partial charge in [-0.05, 0) is 11.8 Å². The van der Waals surface area contributed by atoms with Gasteiger partial charge in [0.05, 0.1) is 13.2 Å². The van der Waals surface area contributed by atoms with Gasteiger partial charge in [0.25, 0.3) is 0 Å². The fourth-order valence-electron chi connectivity index (χ4n) is 1.76. The van der Waals surface area contributed by atoms with Gasteiger partial charge in [0.15, 0.2) is 5.82 Å². The minimum atomic E-state index is 0.179. The molecule has 0 spiro atoms. The second-order valence-corrected chi connectivity index (χ2v) is 3.96. The molecule has 0 aliphatic heterocycles. The van der Waals surface area contributed by atoms with Crippen molar-refractivity contribution in [1.29, 1.82) is 0 Å². The molecule has 0 saturated carbocycles. The maximum absolute atomic E-state index is 4.19. The summed E-state index contributed by atoms with van der Waals surface area (Å²) in [6, 6.07) is 0.179. The topological polar surface area (TPSA) is 73.5 Å². The predicted octanol–water partition coefficient (Wildman–Crippen LogP) is -0.163. The van der Waals surface area contributed by atoms with Crippen LogP contribution in [0.1, 0.15) is 24.4 Å². The smallest absolute Gasteiger partial charge is 0.176 e. The highest BCUT2D eigenvalue weighted by molar-refractivity contribution is 5.12. The summed E-state index contributed by atoms with van der Waals surface area (Å²) in [5.74, 6) is 0.738. The molecule has 2 rings (SSSR count). The van der Waals surface area contributed by atoms with Crippen molar-refractivity contribution in [2.24, 2.45) is 14.1 Å². The third kappa shape index (κ3) is 2.88. The molecule has 7 heteroatoms. The lowest BCUT2D eigenvalue weighted by Gasteiger charge is -2.13. The molecule has 0 amide bonds. The number of aryl methyl sites for hydroxylation is 2. The molecule has 17 heavy (non-hydrogen) atoms.